The molecule has 0 spiro atoms. The van der Waals surface area contributed by atoms with Crippen molar-refractivity contribution in [2.24, 2.45) is 0 Å². The van der Waals surface area contributed by atoms with Gasteiger partial charge in [-0.25, -0.2) is 19.6 Å². The van der Waals surface area contributed by atoms with Crippen LogP contribution in [0.25, 0.3) is 0 Å². The van der Waals surface area contributed by atoms with Crippen molar-refractivity contribution in [2.45, 2.75) is 13.0 Å². The Hall–Kier alpha value is -4.54. The predicted molar refractivity (Wildman–Crippen MR) is 120 cm³/mol. The molecule has 0 bridgehead atoms. The maximum atomic E-state index is 12.0. The molecule has 0 radical (unpaired) electrons. The summed E-state index contributed by atoms with van der Waals surface area (Å²) in [5, 5.41) is 17.7. The second-order valence-electron chi connectivity index (χ2n) is 6.86. The second-order valence-corrected chi connectivity index (χ2v) is 6.86. The highest BCUT2D eigenvalue weighted by Crippen LogP contribution is 2.33. The van der Waals surface area contributed by atoms with Crippen LogP contribution < -0.4 is 10.6 Å². The Kier molecular flexibility index (Phi) is 7.13. The van der Waals surface area contributed by atoms with Crippen molar-refractivity contribution >= 4 is 34.9 Å². The standard InChI is InChI=1S/C22H21N5O6/c1-13(14-7-5-4-6-8-14)25-19-18(27(30)31)20(24-12-23-19)26-17-10-15(21(28)32-2)9-16(11-17)22(29)33-3/h4-13H,1-3H3,(H2,23,24,25,26). The number of ether oxygens (including phenoxy) is 2. The molecular formula is C22H21N5O6. The Labute approximate surface area is 188 Å². The van der Waals surface area contributed by atoms with Crippen LogP contribution in [0.3, 0.4) is 0 Å². The van der Waals surface area contributed by atoms with Crippen LogP contribution in [-0.2, 0) is 9.47 Å². The van der Waals surface area contributed by atoms with Crippen LogP contribution in [0, 0.1) is 10.1 Å². The fourth-order valence-electron chi connectivity index (χ4n) is 3.09. The molecule has 170 valence electrons. The normalized spacial score (nSPS) is 11.2. The average Bonchev–Trinajstić information content (AvgIpc) is 2.83. The smallest absolute Gasteiger partial charge is 0.353 e. The van der Waals surface area contributed by atoms with E-state index in [2.05, 4.69) is 20.6 Å². The fraction of sp³-hybridized carbons (Fsp3) is 0.182. The summed E-state index contributed by atoms with van der Waals surface area (Å²) in [6.45, 7) is 1.84. The zero-order chi connectivity index (χ0) is 24.0. The fourth-order valence-corrected chi connectivity index (χ4v) is 3.09. The van der Waals surface area contributed by atoms with Crippen LogP contribution >= 0.6 is 0 Å². The maximum absolute atomic E-state index is 12.0. The SMILES string of the molecule is COC(=O)c1cc(Nc2ncnc(NC(C)c3ccccc3)c2[N+](=O)[O-])cc(C(=O)OC)c1. The van der Waals surface area contributed by atoms with Gasteiger partial charge in [-0.1, -0.05) is 30.3 Å². The van der Waals surface area contributed by atoms with Gasteiger partial charge in [0.15, 0.2) is 0 Å². The van der Waals surface area contributed by atoms with E-state index in [9.17, 15) is 19.7 Å². The third kappa shape index (κ3) is 5.39. The van der Waals surface area contributed by atoms with Gasteiger partial charge in [0.1, 0.15) is 6.33 Å². The van der Waals surface area contributed by atoms with E-state index in [-0.39, 0.29) is 34.5 Å². The summed E-state index contributed by atoms with van der Waals surface area (Å²) in [7, 11) is 2.39. The van der Waals surface area contributed by atoms with E-state index in [4.69, 9.17) is 9.47 Å². The summed E-state index contributed by atoms with van der Waals surface area (Å²) in [4.78, 5) is 43.3. The Balaban J connectivity index is 2.00. The topological polar surface area (TPSA) is 146 Å². The minimum atomic E-state index is -0.694. The molecule has 0 fully saturated rings. The van der Waals surface area contributed by atoms with Crippen LogP contribution in [0.5, 0.6) is 0 Å². The largest absolute Gasteiger partial charge is 0.465 e. The van der Waals surface area contributed by atoms with Gasteiger partial charge in [-0.3, -0.25) is 10.1 Å². The Bertz CT molecular complexity index is 1150. The first kappa shape index (κ1) is 23.1. The minimum absolute atomic E-state index is 0.00571. The lowest BCUT2D eigenvalue weighted by molar-refractivity contribution is -0.383. The van der Waals surface area contributed by atoms with Gasteiger partial charge in [-0.05, 0) is 30.7 Å². The summed E-state index contributed by atoms with van der Waals surface area (Å²) in [5.74, 6) is -1.51. The number of anilines is 3. The summed E-state index contributed by atoms with van der Waals surface area (Å²) in [6.07, 6.45) is 1.17. The zero-order valence-corrected chi connectivity index (χ0v) is 18.1. The number of hydrogen-bond acceptors (Lipinski definition) is 10. The van der Waals surface area contributed by atoms with E-state index in [0.29, 0.717) is 0 Å². The predicted octanol–water partition coefficient (Wildman–Crippen LogP) is 3.87. The van der Waals surface area contributed by atoms with Crippen LogP contribution in [0.15, 0.2) is 54.9 Å². The van der Waals surface area contributed by atoms with Gasteiger partial charge >= 0.3 is 17.6 Å². The molecule has 0 aliphatic rings. The van der Waals surface area contributed by atoms with Gasteiger partial charge in [-0.2, -0.15) is 0 Å². The molecule has 0 saturated heterocycles. The van der Waals surface area contributed by atoms with E-state index in [1.807, 2.05) is 37.3 Å². The highest BCUT2D eigenvalue weighted by Gasteiger charge is 2.25. The Morgan fingerprint density at radius 3 is 2.09 bits per heavy atom. The molecule has 0 saturated carbocycles. The van der Waals surface area contributed by atoms with Gasteiger partial charge in [-0.15, -0.1) is 0 Å². The number of nitro groups is 1. The van der Waals surface area contributed by atoms with Crippen LogP contribution in [0.2, 0.25) is 0 Å². The van der Waals surface area contributed by atoms with Gasteiger partial charge in [0.25, 0.3) is 0 Å². The Morgan fingerprint density at radius 2 is 1.55 bits per heavy atom. The molecular weight excluding hydrogens is 430 g/mol. The van der Waals surface area contributed by atoms with Gasteiger partial charge in [0.05, 0.1) is 36.3 Å². The van der Waals surface area contributed by atoms with Crippen molar-refractivity contribution in [3.63, 3.8) is 0 Å². The third-order valence-electron chi connectivity index (χ3n) is 4.70. The molecule has 33 heavy (non-hydrogen) atoms. The van der Waals surface area contributed by atoms with Crippen molar-refractivity contribution in [3.8, 4) is 0 Å². The molecule has 0 amide bonds. The number of carbonyl (C=O) groups excluding carboxylic acids is 2. The minimum Gasteiger partial charge on any atom is -0.465 e. The second kappa shape index (κ2) is 10.2. The molecule has 11 heteroatoms. The Morgan fingerprint density at radius 1 is 0.970 bits per heavy atom. The van der Waals surface area contributed by atoms with Gasteiger partial charge in [0, 0.05) is 5.69 Å². The molecule has 1 atom stereocenters. The number of rotatable bonds is 8. The first-order valence-corrected chi connectivity index (χ1v) is 9.73. The molecule has 11 nitrogen and oxygen atoms in total. The number of nitrogens with one attached hydrogen (secondary N) is 2. The highest BCUT2D eigenvalue weighted by molar-refractivity contribution is 5.97. The molecule has 2 aromatic carbocycles. The number of methoxy groups -OCH3 is 2. The van der Waals surface area contributed by atoms with Gasteiger partial charge < -0.3 is 20.1 Å². The van der Waals surface area contributed by atoms with Crippen molar-refractivity contribution in [1.29, 1.82) is 0 Å². The molecule has 1 heterocycles. The number of hydrogen-bond donors (Lipinski definition) is 2. The number of carbonyl (C=O) groups is 2. The highest BCUT2D eigenvalue weighted by atomic mass is 16.6. The summed E-state index contributed by atoms with van der Waals surface area (Å²) < 4.78 is 9.43. The number of aromatic nitrogens is 2. The van der Waals surface area contributed by atoms with Crippen molar-refractivity contribution in [2.75, 3.05) is 24.9 Å². The number of nitrogens with zero attached hydrogens (tertiary/aromatic N) is 3. The first-order chi connectivity index (χ1) is 15.8. The van der Waals surface area contributed by atoms with E-state index in [1.54, 1.807) is 0 Å². The summed E-state index contributed by atoms with van der Waals surface area (Å²) in [6, 6.07) is 13.1. The number of esters is 2. The van der Waals surface area contributed by atoms with Gasteiger partial charge in [0.2, 0.25) is 11.6 Å². The van der Waals surface area contributed by atoms with Crippen molar-refractivity contribution < 1.29 is 24.0 Å². The van der Waals surface area contributed by atoms with E-state index < -0.39 is 22.5 Å². The quantitative estimate of drug-likeness (QED) is 0.294. The van der Waals surface area contributed by atoms with Crippen LogP contribution in [0.1, 0.15) is 39.2 Å². The van der Waals surface area contributed by atoms with E-state index in [0.717, 1.165) is 5.56 Å². The lowest BCUT2D eigenvalue weighted by atomic mass is 10.1. The molecule has 0 aliphatic carbocycles. The van der Waals surface area contributed by atoms with E-state index in [1.165, 1.54) is 38.7 Å². The molecule has 0 aliphatic heterocycles. The molecule has 1 aromatic heterocycles. The summed E-state index contributed by atoms with van der Waals surface area (Å²) >= 11 is 0. The lowest BCUT2D eigenvalue weighted by Crippen LogP contribution is -2.12. The van der Waals surface area contributed by atoms with Crippen molar-refractivity contribution in [1.82, 2.24) is 9.97 Å². The average molecular weight is 451 g/mol. The molecule has 1 unspecified atom stereocenters. The number of benzene rings is 2. The summed E-state index contributed by atoms with van der Waals surface area (Å²) in [5.41, 5.74) is 0.810. The monoisotopic (exact) mass is 451 g/mol. The van der Waals surface area contributed by atoms with Crippen LogP contribution in [0.4, 0.5) is 23.0 Å². The van der Waals surface area contributed by atoms with Crippen molar-refractivity contribution in [3.05, 3.63) is 81.7 Å². The zero-order valence-electron chi connectivity index (χ0n) is 18.1. The molecule has 3 aromatic rings. The molecule has 3 rings (SSSR count). The maximum Gasteiger partial charge on any atom is 0.353 e. The lowest BCUT2D eigenvalue weighted by Gasteiger charge is -2.16. The van der Waals surface area contributed by atoms with Crippen LogP contribution in [-0.4, -0.2) is 41.0 Å². The van der Waals surface area contributed by atoms with E-state index >= 15 is 0 Å². The third-order valence-corrected chi connectivity index (χ3v) is 4.70. The first-order valence-electron chi connectivity index (χ1n) is 9.73. The molecule has 2 N–H and O–H groups in total.